The lowest BCUT2D eigenvalue weighted by Crippen LogP contribution is -1.97. The summed E-state index contributed by atoms with van der Waals surface area (Å²) in [6.45, 7) is 4.17. The first-order valence-corrected chi connectivity index (χ1v) is 13.4. The minimum absolute atomic E-state index is 0.874. The fourth-order valence-electron chi connectivity index (χ4n) is 5.67. The molecule has 4 heteroatoms. The number of rotatable bonds is 4. The van der Waals surface area contributed by atoms with E-state index in [0.717, 1.165) is 45.3 Å². The van der Waals surface area contributed by atoms with Crippen molar-refractivity contribution in [1.82, 2.24) is 19.9 Å². The largest absolute Gasteiger partial charge is 0.255 e. The van der Waals surface area contributed by atoms with Crippen LogP contribution in [0.5, 0.6) is 0 Å². The van der Waals surface area contributed by atoms with Gasteiger partial charge in [0.15, 0.2) is 0 Å². The Morgan fingerprint density at radius 2 is 0.750 bits per heavy atom. The highest BCUT2D eigenvalue weighted by molar-refractivity contribution is 6.21. The third-order valence-electron chi connectivity index (χ3n) is 7.50. The quantitative estimate of drug-likeness (QED) is 0.220. The third-order valence-corrected chi connectivity index (χ3v) is 7.50. The summed E-state index contributed by atoms with van der Waals surface area (Å²) in [4.78, 5) is 19.0. The molecule has 0 fully saturated rings. The Labute approximate surface area is 233 Å². The van der Waals surface area contributed by atoms with E-state index in [-0.39, 0.29) is 0 Å². The van der Waals surface area contributed by atoms with Crippen LogP contribution < -0.4 is 0 Å². The average molecular weight is 515 g/mol. The number of pyridine rings is 4. The van der Waals surface area contributed by atoms with Gasteiger partial charge in [0.25, 0.3) is 0 Å². The highest BCUT2D eigenvalue weighted by Crippen LogP contribution is 2.45. The minimum atomic E-state index is 0.874. The minimum Gasteiger partial charge on any atom is -0.255 e. The normalized spacial score (nSPS) is 11.2. The molecule has 0 unspecified atom stereocenters. The van der Waals surface area contributed by atoms with Gasteiger partial charge in [-0.2, -0.15) is 0 Å². The molecule has 0 radical (unpaired) electrons. The van der Waals surface area contributed by atoms with Crippen LogP contribution in [0.4, 0.5) is 0 Å². The van der Waals surface area contributed by atoms with Crippen molar-refractivity contribution in [2.45, 2.75) is 13.8 Å². The molecule has 0 aliphatic rings. The lowest BCUT2D eigenvalue weighted by atomic mass is 9.85. The van der Waals surface area contributed by atoms with Crippen molar-refractivity contribution < 1.29 is 0 Å². The molecule has 7 aromatic rings. The average Bonchev–Trinajstić information content (AvgIpc) is 3.01. The molecule has 4 nitrogen and oxygen atoms in total. The maximum atomic E-state index is 4.99. The molecule has 0 amide bonds. The number of hydrogen-bond donors (Lipinski definition) is 0. The lowest BCUT2D eigenvalue weighted by Gasteiger charge is -2.19. The molecule has 7 rings (SSSR count). The maximum absolute atomic E-state index is 4.99. The molecular weight excluding hydrogens is 488 g/mol. The van der Waals surface area contributed by atoms with Crippen LogP contribution in [0, 0.1) is 13.8 Å². The van der Waals surface area contributed by atoms with Gasteiger partial charge in [-0.3, -0.25) is 19.9 Å². The lowest BCUT2D eigenvalue weighted by molar-refractivity contribution is 1.18. The number of benzene rings is 3. The van der Waals surface area contributed by atoms with Crippen molar-refractivity contribution in [3.8, 4) is 45.0 Å². The number of aryl methyl sites for hydroxylation is 2. The predicted octanol–water partition coefficient (Wildman–Crippen LogP) is 8.86. The summed E-state index contributed by atoms with van der Waals surface area (Å²) in [5, 5.41) is 4.78. The first kappa shape index (κ1) is 23.9. The third kappa shape index (κ3) is 4.02. The summed E-state index contributed by atoms with van der Waals surface area (Å²) >= 11 is 0. The van der Waals surface area contributed by atoms with E-state index in [4.69, 9.17) is 9.97 Å². The molecule has 4 heterocycles. The first-order chi connectivity index (χ1) is 19.7. The van der Waals surface area contributed by atoms with E-state index >= 15 is 0 Å². The second kappa shape index (κ2) is 9.83. The summed E-state index contributed by atoms with van der Waals surface area (Å²) in [5.41, 5.74) is 10.1. The van der Waals surface area contributed by atoms with Crippen molar-refractivity contribution in [3.05, 3.63) is 133 Å². The van der Waals surface area contributed by atoms with Crippen molar-refractivity contribution in [1.29, 1.82) is 0 Å². The Morgan fingerprint density at radius 3 is 1.07 bits per heavy atom. The van der Waals surface area contributed by atoms with Gasteiger partial charge in [0.1, 0.15) is 0 Å². The van der Waals surface area contributed by atoms with Crippen molar-refractivity contribution in [2.75, 3.05) is 0 Å². The Balaban J connectivity index is 1.48. The first-order valence-electron chi connectivity index (χ1n) is 13.4. The predicted molar refractivity (Wildman–Crippen MR) is 164 cm³/mol. The molecule has 0 bridgehead atoms. The monoisotopic (exact) mass is 514 g/mol. The van der Waals surface area contributed by atoms with Crippen molar-refractivity contribution >= 4 is 21.5 Å². The van der Waals surface area contributed by atoms with Crippen LogP contribution in [0.3, 0.4) is 0 Å². The van der Waals surface area contributed by atoms with Gasteiger partial charge in [0.2, 0.25) is 0 Å². The Hall–Kier alpha value is -5.22. The van der Waals surface area contributed by atoms with Crippen LogP contribution >= 0.6 is 0 Å². The van der Waals surface area contributed by atoms with Gasteiger partial charge in [-0.25, -0.2) is 0 Å². The zero-order valence-corrected chi connectivity index (χ0v) is 22.3. The van der Waals surface area contributed by atoms with E-state index in [2.05, 4.69) is 96.6 Å². The van der Waals surface area contributed by atoms with Gasteiger partial charge >= 0.3 is 0 Å². The van der Waals surface area contributed by atoms with Crippen LogP contribution in [0.15, 0.2) is 122 Å². The number of aromatic nitrogens is 4. The van der Waals surface area contributed by atoms with Gasteiger partial charge < -0.3 is 0 Å². The van der Waals surface area contributed by atoms with E-state index < -0.39 is 0 Å². The van der Waals surface area contributed by atoms with E-state index in [9.17, 15) is 0 Å². The molecule has 4 aromatic heterocycles. The van der Waals surface area contributed by atoms with Gasteiger partial charge in [-0.15, -0.1) is 0 Å². The van der Waals surface area contributed by atoms with E-state index in [1.807, 2.05) is 36.4 Å². The summed E-state index contributed by atoms with van der Waals surface area (Å²) in [5.74, 6) is 0. The van der Waals surface area contributed by atoms with Crippen LogP contribution in [0.25, 0.3) is 66.6 Å². The summed E-state index contributed by atoms with van der Waals surface area (Å²) < 4.78 is 0. The summed E-state index contributed by atoms with van der Waals surface area (Å²) in [6.07, 6.45) is 3.61. The zero-order valence-electron chi connectivity index (χ0n) is 22.3. The number of fused-ring (bicyclic) bond motifs is 2. The fraction of sp³-hybridized carbons (Fsp3) is 0.0556. The SMILES string of the molecule is Cc1nc(-c2ccccn2)ccc1-c1c2ccccc2c(-c2ccc(-c3ccccn3)nc2C)c2ccccc12. The molecule has 0 spiro atoms. The van der Waals surface area contributed by atoms with E-state index in [0.29, 0.717) is 0 Å². The van der Waals surface area contributed by atoms with Crippen LogP contribution in [-0.2, 0) is 0 Å². The van der Waals surface area contributed by atoms with Gasteiger partial charge in [0.05, 0.1) is 22.8 Å². The second-order valence-corrected chi connectivity index (χ2v) is 9.93. The topological polar surface area (TPSA) is 51.6 Å². The molecule has 0 saturated heterocycles. The van der Waals surface area contributed by atoms with Gasteiger partial charge in [0, 0.05) is 34.9 Å². The molecule has 40 heavy (non-hydrogen) atoms. The van der Waals surface area contributed by atoms with Crippen LogP contribution in [0.1, 0.15) is 11.4 Å². The Morgan fingerprint density at radius 1 is 0.375 bits per heavy atom. The smallest absolute Gasteiger partial charge is 0.0889 e. The molecule has 190 valence electrons. The second-order valence-electron chi connectivity index (χ2n) is 9.93. The zero-order chi connectivity index (χ0) is 27.1. The number of nitrogens with zero attached hydrogens (tertiary/aromatic N) is 4. The Kier molecular flexibility index (Phi) is 5.86. The highest BCUT2D eigenvalue weighted by atomic mass is 14.8. The van der Waals surface area contributed by atoms with E-state index in [1.54, 1.807) is 12.4 Å². The standard InChI is InChI=1S/C36H26N4/c1-23-25(17-19-33(39-23)31-15-7-9-21-37-31)35-27-11-3-5-13-29(27)36(30-14-6-4-12-28(30)35)26-18-20-34(40-24(26)2)32-16-8-10-22-38-32/h3-22H,1-2H3. The fourth-order valence-corrected chi connectivity index (χ4v) is 5.67. The number of hydrogen-bond acceptors (Lipinski definition) is 4. The van der Waals surface area contributed by atoms with Gasteiger partial charge in [-0.1, -0.05) is 72.8 Å². The molecule has 0 N–H and O–H groups in total. The van der Waals surface area contributed by atoms with Crippen LogP contribution in [0.2, 0.25) is 0 Å². The molecule has 0 saturated carbocycles. The van der Waals surface area contributed by atoms with Crippen molar-refractivity contribution in [3.63, 3.8) is 0 Å². The molecule has 0 aliphatic carbocycles. The van der Waals surface area contributed by atoms with Crippen molar-refractivity contribution in [2.24, 2.45) is 0 Å². The molecular formula is C36H26N4. The Bertz CT molecular complexity index is 1810. The van der Waals surface area contributed by atoms with Gasteiger partial charge in [-0.05, 0) is 82.9 Å². The molecule has 3 aromatic carbocycles. The molecule has 0 atom stereocenters. The van der Waals surface area contributed by atoms with Crippen LogP contribution in [-0.4, -0.2) is 19.9 Å². The summed E-state index contributed by atoms with van der Waals surface area (Å²) in [6, 6.07) is 37.7. The van der Waals surface area contributed by atoms with E-state index in [1.165, 1.54) is 32.7 Å². The maximum Gasteiger partial charge on any atom is 0.0889 e. The summed E-state index contributed by atoms with van der Waals surface area (Å²) in [7, 11) is 0. The molecule has 0 aliphatic heterocycles. The highest BCUT2D eigenvalue weighted by Gasteiger charge is 2.20.